The van der Waals surface area contributed by atoms with Gasteiger partial charge in [0.05, 0.1) is 10.3 Å². The topological polar surface area (TPSA) is 38.7 Å². The molecule has 0 N–H and O–H groups in total. The smallest absolute Gasteiger partial charge is 0.260 e. The Balaban J connectivity index is 1.62. The van der Waals surface area contributed by atoms with Crippen LogP contribution in [0.25, 0.3) is 0 Å². The third-order valence-electron chi connectivity index (χ3n) is 3.60. The molecule has 3 rings (SSSR count). The molecule has 3 nitrogen and oxygen atoms in total. The first kappa shape index (κ1) is 15.8. The summed E-state index contributed by atoms with van der Waals surface area (Å²) in [6.45, 7) is 4.12. The first-order valence-corrected chi connectivity index (χ1v) is 8.59. The van der Waals surface area contributed by atoms with Crippen molar-refractivity contribution in [3.8, 4) is 11.5 Å². The van der Waals surface area contributed by atoms with Crippen molar-refractivity contribution < 1.29 is 9.53 Å². The number of ether oxygens (including phenoxy) is 1. The SMILES string of the molecule is CC(C)C1SC(Cc2ccc(Oc3ccccc3)cc2)=NC1=O. The fraction of sp³-hybridized carbons (Fsp3) is 0.263. The molecule has 0 aromatic heterocycles. The van der Waals surface area contributed by atoms with Gasteiger partial charge in [0.2, 0.25) is 0 Å². The van der Waals surface area contributed by atoms with Gasteiger partial charge in [-0.1, -0.05) is 55.9 Å². The van der Waals surface area contributed by atoms with E-state index in [0.29, 0.717) is 12.3 Å². The van der Waals surface area contributed by atoms with Crippen molar-refractivity contribution in [3.05, 3.63) is 60.2 Å². The summed E-state index contributed by atoms with van der Waals surface area (Å²) in [6.07, 6.45) is 0.700. The highest BCUT2D eigenvalue weighted by molar-refractivity contribution is 8.15. The monoisotopic (exact) mass is 325 g/mol. The van der Waals surface area contributed by atoms with Gasteiger partial charge in [-0.05, 0) is 35.7 Å². The average molecular weight is 325 g/mol. The molecule has 1 heterocycles. The minimum absolute atomic E-state index is 0.00373. The fourth-order valence-corrected chi connectivity index (χ4v) is 3.50. The maximum absolute atomic E-state index is 11.8. The van der Waals surface area contributed by atoms with Crippen LogP contribution in [0.3, 0.4) is 0 Å². The van der Waals surface area contributed by atoms with E-state index >= 15 is 0 Å². The van der Waals surface area contributed by atoms with Gasteiger partial charge in [-0.2, -0.15) is 0 Å². The molecule has 0 bridgehead atoms. The number of benzene rings is 2. The number of hydrogen-bond donors (Lipinski definition) is 0. The van der Waals surface area contributed by atoms with E-state index in [-0.39, 0.29) is 11.2 Å². The molecule has 4 heteroatoms. The zero-order valence-electron chi connectivity index (χ0n) is 13.2. The Morgan fingerprint density at radius 1 is 1.04 bits per heavy atom. The molecule has 0 radical (unpaired) electrons. The number of para-hydroxylation sites is 1. The van der Waals surface area contributed by atoms with E-state index in [4.69, 9.17) is 4.74 Å². The lowest BCUT2D eigenvalue weighted by atomic mass is 10.1. The van der Waals surface area contributed by atoms with Crippen molar-refractivity contribution in [3.63, 3.8) is 0 Å². The molecule has 1 unspecified atom stereocenters. The summed E-state index contributed by atoms with van der Waals surface area (Å²) in [7, 11) is 0. The lowest BCUT2D eigenvalue weighted by Crippen LogP contribution is -2.17. The summed E-state index contributed by atoms with van der Waals surface area (Å²) in [6, 6.07) is 17.6. The highest BCUT2D eigenvalue weighted by Crippen LogP contribution is 2.30. The van der Waals surface area contributed by atoms with Gasteiger partial charge >= 0.3 is 0 Å². The van der Waals surface area contributed by atoms with E-state index in [1.807, 2.05) is 54.6 Å². The lowest BCUT2D eigenvalue weighted by Gasteiger charge is -2.10. The van der Waals surface area contributed by atoms with Gasteiger partial charge in [0.1, 0.15) is 11.5 Å². The van der Waals surface area contributed by atoms with Crippen molar-refractivity contribution in [1.82, 2.24) is 0 Å². The quantitative estimate of drug-likeness (QED) is 0.798. The van der Waals surface area contributed by atoms with E-state index < -0.39 is 0 Å². The first-order chi connectivity index (χ1) is 11.1. The number of nitrogens with zero attached hydrogens (tertiary/aromatic N) is 1. The van der Waals surface area contributed by atoms with Crippen LogP contribution in [0.15, 0.2) is 59.6 Å². The molecule has 2 aromatic carbocycles. The molecule has 1 aliphatic heterocycles. The summed E-state index contributed by atoms with van der Waals surface area (Å²) in [5.74, 6) is 1.94. The number of carbonyl (C=O) groups excluding carboxylic acids is 1. The van der Waals surface area contributed by atoms with Gasteiger partial charge in [0, 0.05) is 6.42 Å². The van der Waals surface area contributed by atoms with Crippen LogP contribution in [0.5, 0.6) is 11.5 Å². The van der Waals surface area contributed by atoms with Crippen LogP contribution in [0, 0.1) is 5.92 Å². The third-order valence-corrected chi connectivity index (χ3v) is 5.11. The zero-order chi connectivity index (χ0) is 16.2. The number of aliphatic imine (C=N–C) groups is 1. The van der Waals surface area contributed by atoms with Gasteiger partial charge in [-0.15, -0.1) is 0 Å². The minimum Gasteiger partial charge on any atom is -0.457 e. The van der Waals surface area contributed by atoms with Crippen molar-refractivity contribution in [1.29, 1.82) is 0 Å². The second kappa shape index (κ2) is 7.01. The Morgan fingerprint density at radius 2 is 1.70 bits per heavy atom. The second-order valence-corrected chi connectivity index (χ2v) is 7.08. The van der Waals surface area contributed by atoms with E-state index in [1.165, 1.54) is 0 Å². The Morgan fingerprint density at radius 3 is 2.30 bits per heavy atom. The standard InChI is InChI=1S/C19H19NO2S/c1-13(2)18-19(21)20-17(23-18)12-14-8-10-16(11-9-14)22-15-6-4-3-5-7-15/h3-11,13,18H,12H2,1-2H3. The predicted octanol–water partition coefficient (Wildman–Crippen LogP) is 4.72. The zero-order valence-corrected chi connectivity index (χ0v) is 14.0. The molecular weight excluding hydrogens is 306 g/mol. The highest BCUT2D eigenvalue weighted by Gasteiger charge is 2.30. The van der Waals surface area contributed by atoms with Crippen LogP contribution < -0.4 is 4.74 Å². The number of rotatable bonds is 5. The van der Waals surface area contributed by atoms with Gasteiger partial charge in [-0.25, -0.2) is 4.99 Å². The van der Waals surface area contributed by atoms with Gasteiger partial charge in [-0.3, -0.25) is 4.79 Å². The molecule has 0 spiro atoms. The van der Waals surface area contributed by atoms with E-state index in [2.05, 4.69) is 18.8 Å². The summed E-state index contributed by atoms with van der Waals surface area (Å²) in [5, 5.41) is 0.885. The molecule has 1 atom stereocenters. The molecule has 1 amide bonds. The van der Waals surface area contributed by atoms with Crippen LogP contribution >= 0.6 is 11.8 Å². The summed E-state index contributed by atoms with van der Waals surface area (Å²) in [4.78, 5) is 16.0. The van der Waals surface area contributed by atoms with Crippen LogP contribution in [0.4, 0.5) is 0 Å². The van der Waals surface area contributed by atoms with Crippen LogP contribution in [-0.4, -0.2) is 16.2 Å². The molecule has 2 aromatic rings. The van der Waals surface area contributed by atoms with Gasteiger partial charge in [0.25, 0.3) is 5.91 Å². The van der Waals surface area contributed by atoms with Crippen LogP contribution in [-0.2, 0) is 11.2 Å². The number of thioether (sulfide) groups is 1. The maximum atomic E-state index is 11.8. The largest absolute Gasteiger partial charge is 0.457 e. The number of amides is 1. The molecule has 0 aliphatic carbocycles. The van der Waals surface area contributed by atoms with Crippen molar-refractivity contribution in [2.45, 2.75) is 25.5 Å². The van der Waals surface area contributed by atoms with Gasteiger partial charge in [0.15, 0.2) is 0 Å². The predicted molar refractivity (Wildman–Crippen MR) is 95.3 cm³/mol. The molecule has 23 heavy (non-hydrogen) atoms. The minimum atomic E-state index is -0.0225. The summed E-state index contributed by atoms with van der Waals surface area (Å²) in [5.41, 5.74) is 1.13. The summed E-state index contributed by atoms with van der Waals surface area (Å²) >= 11 is 1.60. The fourth-order valence-electron chi connectivity index (χ4n) is 2.39. The summed E-state index contributed by atoms with van der Waals surface area (Å²) < 4.78 is 5.78. The Kier molecular flexibility index (Phi) is 4.82. The van der Waals surface area contributed by atoms with E-state index in [1.54, 1.807) is 11.8 Å². The first-order valence-electron chi connectivity index (χ1n) is 7.72. The Hall–Kier alpha value is -2.07. The average Bonchev–Trinajstić information content (AvgIpc) is 2.91. The van der Waals surface area contributed by atoms with Crippen molar-refractivity contribution in [2.75, 3.05) is 0 Å². The molecule has 1 aliphatic rings. The van der Waals surface area contributed by atoms with Crippen molar-refractivity contribution in [2.24, 2.45) is 10.9 Å². The normalized spacial score (nSPS) is 17.4. The second-order valence-electron chi connectivity index (χ2n) is 5.86. The van der Waals surface area contributed by atoms with E-state index in [0.717, 1.165) is 22.1 Å². The van der Waals surface area contributed by atoms with Crippen LogP contribution in [0.2, 0.25) is 0 Å². The molecule has 0 saturated carbocycles. The Labute approximate surface area is 140 Å². The Bertz CT molecular complexity index is 708. The molecule has 0 saturated heterocycles. The molecule has 0 fully saturated rings. The molecule has 118 valence electrons. The maximum Gasteiger partial charge on any atom is 0.260 e. The van der Waals surface area contributed by atoms with Crippen molar-refractivity contribution >= 4 is 22.7 Å². The van der Waals surface area contributed by atoms with Gasteiger partial charge < -0.3 is 4.74 Å². The van der Waals surface area contributed by atoms with Crippen LogP contribution in [0.1, 0.15) is 19.4 Å². The molecular formula is C19H19NO2S. The third kappa shape index (κ3) is 4.02. The van der Waals surface area contributed by atoms with E-state index in [9.17, 15) is 4.79 Å². The highest BCUT2D eigenvalue weighted by atomic mass is 32.2. The lowest BCUT2D eigenvalue weighted by molar-refractivity contribution is -0.117. The number of hydrogen-bond acceptors (Lipinski definition) is 3. The number of carbonyl (C=O) groups is 1.